The minimum atomic E-state index is 0.362. The van der Waals surface area contributed by atoms with Crippen LogP contribution >= 0.6 is 0 Å². The van der Waals surface area contributed by atoms with E-state index in [2.05, 4.69) is 59.8 Å². The van der Waals surface area contributed by atoms with E-state index < -0.39 is 0 Å². The highest BCUT2D eigenvalue weighted by molar-refractivity contribution is 5.21. The molecular weight excluding hydrogens is 144 g/mol. The Morgan fingerprint density at radius 2 is 1.67 bits per heavy atom. The average Bonchev–Trinajstić information content (AvgIpc) is 1.97. The van der Waals surface area contributed by atoms with Crippen molar-refractivity contribution < 1.29 is 0 Å². The molecule has 0 aliphatic heterocycles. The first-order valence-corrected chi connectivity index (χ1v) is 4.72. The number of hydrogen-bond donors (Lipinski definition) is 0. The smallest absolute Gasteiger partial charge is 0.0145 e. The first-order valence-electron chi connectivity index (χ1n) is 4.72. The summed E-state index contributed by atoms with van der Waals surface area (Å²) in [6.45, 7) is 13.3. The molecule has 0 radical (unpaired) electrons. The van der Waals surface area contributed by atoms with Gasteiger partial charge in [-0.05, 0) is 30.8 Å². The van der Waals surface area contributed by atoms with E-state index in [-0.39, 0.29) is 0 Å². The molecule has 0 rings (SSSR count). The Morgan fingerprint density at radius 1 is 1.17 bits per heavy atom. The van der Waals surface area contributed by atoms with Gasteiger partial charge in [0.2, 0.25) is 0 Å². The van der Waals surface area contributed by atoms with Crippen LogP contribution in [-0.4, -0.2) is 0 Å². The van der Waals surface area contributed by atoms with Gasteiger partial charge in [0, 0.05) is 0 Å². The fraction of sp³-hybridized carbons (Fsp3) is 0.667. The molecule has 0 bridgehead atoms. The highest BCUT2D eigenvalue weighted by atomic mass is 14.3. The van der Waals surface area contributed by atoms with Crippen molar-refractivity contribution in [3.05, 3.63) is 23.8 Å². The Bertz CT molecular complexity index is 177. The molecule has 12 heavy (non-hydrogen) atoms. The van der Waals surface area contributed by atoms with E-state index in [0.29, 0.717) is 11.3 Å². The molecule has 0 aliphatic rings. The second-order valence-corrected chi connectivity index (χ2v) is 4.38. The van der Waals surface area contributed by atoms with Crippen molar-refractivity contribution in [3.8, 4) is 0 Å². The molecule has 70 valence electrons. The van der Waals surface area contributed by atoms with Crippen molar-refractivity contribution in [1.29, 1.82) is 0 Å². The quantitative estimate of drug-likeness (QED) is 0.539. The Labute approximate surface area is 77.4 Å². The molecule has 0 aromatic rings. The molecule has 0 fully saturated rings. The summed E-state index contributed by atoms with van der Waals surface area (Å²) in [6.07, 6.45) is 6.52. The van der Waals surface area contributed by atoms with Crippen LogP contribution in [-0.2, 0) is 0 Å². The van der Waals surface area contributed by atoms with E-state index in [4.69, 9.17) is 0 Å². The molecule has 0 saturated carbocycles. The maximum Gasteiger partial charge on any atom is -0.0145 e. The van der Waals surface area contributed by atoms with Crippen molar-refractivity contribution in [2.24, 2.45) is 11.3 Å². The van der Waals surface area contributed by atoms with Gasteiger partial charge in [0.05, 0.1) is 0 Å². The SMILES string of the molecule is C/C=C\C(=C/C)[C@H](C)C(C)(C)C. The van der Waals surface area contributed by atoms with Crippen LogP contribution in [0.5, 0.6) is 0 Å². The average molecular weight is 166 g/mol. The van der Waals surface area contributed by atoms with Crippen LogP contribution in [0.1, 0.15) is 41.5 Å². The summed E-state index contributed by atoms with van der Waals surface area (Å²) in [4.78, 5) is 0. The summed E-state index contributed by atoms with van der Waals surface area (Å²) in [7, 11) is 0. The summed E-state index contributed by atoms with van der Waals surface area (Å²) >= 11 is 0. The fourth-order valence-corrected chi connectivity index (χ4v) is 1.18. The predicted octanol–water partition coefficient (Wildman–Crippen LogP) is 4.19. The molecule has 0 N–H and O–H groups in total. The largest absolute Gasteiger partial charge is 0.0874 e. The molecule has 0 nitrogen and oxygen atoms in total. The molecule has 0 aromatic carbocycles. The lowest BCUT2D eigenvalue weighted by molar-refractivity contribution is 0.304. The van der Waals surface area contributed by atoms with Crippen LogP contribution in [0, 0.1) is 11.3 Å². The Hall–Kier alpha value is -0.520. The first kappa shape index (κ1) is 11.5. The number of allylic oxidation sites excluding steroid dienone is 4. The van der Waals surface area contributed by atoms with Gasteiger partial charge in [-0.15, -0.1) is 0 Å². The zero-order valence-corrected chi connectivity index (χ0v) is 9.31. The zero-order chi connectivity index (χ0) is 9.78. The van der Waals surface area contributed by atoms with Crippen molar-refractivity contribution in [2.45, 2.75) is 41.5 Å². The summed E-state index contributed by atoms with van der Waals surface area (Å²) in [5.41, 5.74) is 1.80. The maximum absolute atomic E-state index is 2.29. The van der Waals surface area contributed by atoms with Crippen molar-refractivity contribution in [1.82, 2.24) is 0 Å². The molecule has 1 atom stereocenters. The third-order valence-corrected chi connectivity index (χ3v) is 2.49. The van der Waals surface area contributed by atoms with Gasteiger partial charge in [0.25, 0.3) is 0 Å². The van der Waals surface area contributed by atoms with Crippen LogP contribution in [0.2, 0.25) is 0 Å². The second-order valence-electron chi connectivity index (χ2n) is 4.38. The standard InChI is InChI=1S/C12H22/c1-7-9-11(8-2)10(3)12(4,5)6/h7-10H,1-6H3/b9-7-,11-8+/t10-/m0/s1. The van der Waals surface area contributed by atoms with Crippen molar-refractivity contribution >= 4 is 0 Å². The monoisotopic (exact) mass is 166 g/mol. The number of rotatable bonds is 2. The van der Waals surface area contributed by atoms with Gasteiger partial charge in [-0.3, -0.25) is 0 Å². The van der Waals surface area contributed by atoms with Crippen LogP contribution in [0.3, 0.4) is 0 Å². The lowest BCUT2D eigenvalue weighted by Gasteiger charge is -2.28. The minimum Gasteiger partial charge on any atom is -0.0874 e. The van der Waals surface area contributed by atoms with Crippen LogP contribution < -0.4 is 0 Å². The first-order chi connectivity index (χ1) is 5.43. The van der Waals surface area contributed by atoms with Crippen LogP contribution in [0.4, 0.5) is 0 Å². The summed E-state index contributed by atoms with van der Waals surface area (Å²) in [5.74, 6) is 0.624. The number of hydrogen-bond acceptors (Lipinski definition) is 0. The summed E-state index contributed by atoms with van der Waals surface area (Å²) < 4.78 is 0. The van der Waals surface area contributed by atoms with E-state index in [9.17, 15) is 0 Å². The Morgan fingerprint density at radius 3 is 1.92 bits per heavy atom. The van der Waals surface area contributed by atoms with E-state index in [1.165, 1.54) is 5.57 Å². The van der Waals surface area contributed by atoms with Gasteiger partial charge < -0.3 is 0 Å². The van der Waals surface area contributed by atoms with Gasteiger partial charge in [-0.25, -0.2) is 0 Å². The van der Waals surface area contributed by atoms with Gasteiger partial charge >= 0.3 is 0 Å². The van der Waals surface area contributed by atoms with Crippen LogP contribution in [0.25, 0.3) is 0 Å². The molecule has 0 unspecified atom stereocenters. The van der Waals surface area contributed by atoms with Crippen LogP contribution in [0.15, 0.2) is 23.8 Å². The molecule has 0 heteroatoms. The Balaban J connectivity index is 4.55. The zero-order valence-electron chi connectivity index (χ0n) is 9.31. The molecule has 0 heterocycles. The second kappa shape index (κ2) is 4.49. The topological polar surface area (TPSA) is 0 Å². The van der Waals surface area contributed by atoms with Crippen molar-refractivity contribution in [2.75, 3.05) is 0 Å². The molecule has 0 saturated heterocycles. The van der Waals surface area contributed by atoms with E-state index >= 15 is 0 Å². The lowest BCUT2D eigenvalue weighted by Crippen LogP contribution is -2.18. The predicted molar refractivity (Wildman–Crippen MR) is 57.2 cm³/mol. The fourth-order valence-electron chi connectivity index (χ4n) is 1.18. The van der Waals surface area contributed by atoms with E-state index in [1.54, 1.807) is 0 Å². The Kier molecular flexibility index (Phi) is 4.30. The molecule has 0 aliphatic carbocycles. The lowest BCUT2D eigenvalue weighted by atomic mass is 9.77. The molecule has 0 amide bonds. The molecule has 0 aromatic heterocycles. The maximum atomic E-state index is 2.29. The van der Waals surface area contributed by atoms with Gasteiger partial charge in [0.1, 0.15) is 0 Å². The van der Waals surface area contributed by atoms with Gasteiger partial charge in [-0.1, -0.05) is 45.9 Å². The highest BCUT2D eigenvalue weighted by Gasteiger charge is 2.21. The summed E-state index contributed by atoms with van der Waals surface area (Å²) in [5, 5.41) is 0. The van der Waals surface area contributed by atoms with E-state index in [0.717, 1.165) is 0 Å². The highest BCUT2D eigenvalue weighted by Crippen LogP contribution is 2.31. The van der Waals surface area contributed by atoms with Gasteiger partial charge in [-0.2, -0.15) is 0 Å². The third kappa shape index (κ3) is 3.25. The molecule has 0 spiro atoms. The van der Waals surface area contributed by atoms with E-state index in [1.807, 2.05) is 0 Å². The minimum absolute atomic E-state index is 0.362. The summed E-state index contributed by atoms with van der Waals surface area (Å²) in [6, 6.07) is 0. The van der Waals surface area contributed by atoms with Gasteiger partial charge in [0.15, 0.2) is 0 Å². The molecular formula is C12H22. The third-order valence-electron chi connectivity index (χ3n) is 2.49. The van der Waals surface area contributed by atoms with Crippen molar-refractivity contribution in [3.63, 3.8) is 0 Å². The normalized spacial score (nSPS) is 17.0.